The number of benzene rings is 3. The molecular weight excluding hydrogens is 568 g/mol. The number of anilines is 2. The van der Waals surface area contributed by atoms with Crippen LogP contribution in [0.1, 0.15) is 34.8 Å². The summed E-state index contributed by atoms with van der Waals surface area (Å²) in [5, 5.41) is 13.1. The normalized spacial score (nSPS) is 12.6. The van der Waals surface area contributed by atoms with Crippen molar-refractivity contribution in [2.75, 3.05) is 10.6 Å². The Balaban J connectivity index is 1.84. The number of nitrogens with one attached hydrogen (secondary N) is 2. The lowest BCUT2D eigenvalue weighted by Crippen LogP contribution is -2.34. The lowest BCUT2D eigenvalue weighted by Gasteiger charge is -2.18. The highest BCUT2D eigenvalue weighted by Crippen LogP contribution is 2.36. The van der Waals surface area contributed by atoms with E-state index in [1.165, 1.54) is 19.1 Å². The van der Waals surface area contributed by atoms with Crippen LogP contribution in [0.2, 0.25) is 10.0 Å². The molecule has 0 bridgehead atoms. The van der Waals surface area contributed by atoms with E-state index in [9.17, 15) is 36.3 Å². The third-order valence-electron chi connectivity index (χ3n) is 5.49. The number of rotatable bonds is 7. The quantitative estimate of drug-likeness (QED) is 0.274. The number of hydrogen-bond donors (Lipinski definition) is 3. The molecule has 0 radical (unpaired) electrons. The Kier molecular flexibility index (Phi) is 8.65. The number of alkyl halides is 3. The van der Waals surface area contributed by atoms with Crippen LogP contribution in [0, 0.1) is 6.92 Å². The highest BCUT2D eigenvalue weighted by Gasteiger charge is 2.34. The van der Waals surface area contributed by atoms with E-state index >= 15 is 0 Å². The molecule has 7 nitrogen and oxygen atoms in total. The Hall–Kier alpha value is -3.28. The van der Waals surface area contributed by atoms with Crippen LogP contribution in [-0.2, 0) is 20.8 Å². The molecule has 0 fully saturated rings. The van der Waals surface area contributed by atoms with Crippen molar-refractivity contribution < 1.29 is 36.3 Å². The number of halogens is 5. The van der Waals surface area contributed by atoms with Gasteiger partial charge >= 0.3 is 6.18 Å². The van der Waals surface area contributed by atoms with Gasteiger partial charge in [-0.25, -0.2) is 8.42 Å². The van der Waals surface area contributed by atoms with Gasteiger partial charge in [-0.15, -0.1) is 0 Å². The topological polar surface area (TPSA) is 113 Å². The number of phenols is 1. The van der Waals surface area contributed by atoms with Crippen LogP contribution in [0.3, 0.4) is 0 Å². The summed E-state index contributed by atoms with van der Waals surface area (Å²) in [5.41, 5.74) is -1.34. The van der Waals surface area contributed by atoms with Crippen LogP contribution in [-0.4, -0.2) is 30.6 Å². The maximum absolute atomic E-state index is 13.1. The first kappa shape index (κ1) is 29.3. The van der Waals surface area contributed by atoms with E-state index in [0.29, 0.717) is 17.7 Å². The largest absolute Gasteiger partial charge is 0.506 e. The van der Waals surface area contributed by atoms with Gasteiger partial charge in [-0.05, 0) is 55.3 Å². The number of carbonyl (C=O) groups excluding carboxylic acids is 2. The van der Waals surface area contributed by atoms with Crippen LogP contribution < -0.4 is 10.6 Å². The number of phenolic OH excluding ortho intramolecular Hbond substituents is 1. The average Bonchev–Trinajstić information content (AvgIpc) is 2.82. The zero-order chi connectivity index (χ0) is 28.4. The molecule has 3 aromatic rings. The van der Waals surface area contributed by atoms with E-state index in [-0.39, 0.29) is 32.7 Å². The summed E-state index contributed by atoms with van der Waals surface area (Å²) in [6.07, 6.45) is -4.77. The molecule has 0 heterocycles. The molecule has 0 spiro atoms. The second-order valence-corrected chi connectivity index (χ2v) is 11.2. The standard InChI is InChI=1S/C25H21Cl2F3N2O5S/c1-3-22(38(36,37)15-6-4-5-13(2)9-15)24(35)31-19-12-21(33)20(11-18(19)27)32-23(34)16-10-14(25(28,29)30)7-8-17(16)26/h4-12,22,33H,3H2,1-2H3,(H,31,35)(H,32,34). The van der Waals surface area contributed by atoms with E-state index in [1.807, 2.05) is 0 Å². The van der Waals surface area contributed by atoms with Crippen LogP contribution in [0.5, 0.6) is 5.75 Å². The third kappa shape index (κ3) is 6.40. The van der Waals surface area contributed by atoms with Crippen molar-refractivity contribution in [1.29, 1.82) is 0 Å². The summed E-state index contributed by atoms with van der Waals surface area (Å²) in [6, 6.07) is 10.3. The SMILES string of the molecule is CCC(C(=O)Nc1cc(O)c(NC(=O)c2cc(C(F)(F)F)ccc2Cl)cc1Cl)S(=O)(=O)c1cccc(C)c1. The first-order valence-electron chi connectivity index (χ1n) is 11.0. The number of aromatic hydroxyl groups is 1. The zero-order valence-corrected chi connectivity index (χ0v) is 22.2. The van der Waals surface area contributed by atoms with Crippen molar-refractivity contribution in [2.24, 2.45) is 0 Å². The molecule has 0 saturated carbocycles. The predicted octanol–water partition coefficient (Wildman–Crippen LogP) is 6.47. The molecule has 38 heavy (non-hydrogen) atoms. The summed E-state index contributed by atoms with van der Waals surface area (Å²) in [5.74, 6) is -2.56. The van der Waals surface area contributed by atoms with Crippen molar-refractivity contribution in [3.05, 3.63) is 81.3 Å². The number of carbonyl (C=O) groups is 2. The van der Waals surface area contributed by atoms with Crippen molar-refractivity contribution >= 4 is 56.2 Å². The summed E-state index contributed by atoms with van der Waals surface area (Å²) < 4.78 is 65.2. The molecule has 1 unspecified atom stereocenters. The van der Waals surface area contributed by atoms with Gasteiger partial charge in [0.05, 0.1) is 37.4 Å². The van der Waals surface area contributed by atoms with E-state index in [2.05, 4.69) is 10.6 Å². The van der Waals surface area contributed by atoms with E-state index in [4.69, 9.17) is 23.2 Å². The first-order chi connectivity index (χ1) is 17.6. The summed E-state index contributed by atoms with van der Waals surface area (Å²) in [4.78, 5) is 25.5. The first-order valence-corrected chi connectivity index (χ1v) is 13.3. The van der Waals surface area contributed by atoms with Gasteiger partial charge in [0.1, 0.15) is 11.0 Å². The summed E-state index contributed by atoms with van der Waals surface area (Å²) in [6.45, 7) is 3.23. The molecule has 0 aliphatic rings. The van der Waals surface area contributed by atoms with Gasteiger partial charge in [0.15, 0.2) is 9.84 Å². The molecule has 202 valence electrons. The van der Waals surface area contributed by atoms with Crippen molar-refractivity contribution in [1.82, 2.24) is 0 Å². The Labute approximate surface area is 226 Å². The highest BCUT2D eigenvalue weighted by molar-refractivity contribution is 7.92. The maximum Gasteiger partial charge on any atom is 0.416 e. The van der Waals surface area contributed by atoms with Crippen LogP contribution in [0.25, 0.3) is 0 Å². The number of aryl methyl sites for hydroxylation is 1. The fraction of sp³-hybridized carbons (Fsp3) is 0.200. The Morgan fingerprint density at radius 1 is 0.974 bits per heavy atom. The summed E-state index contributed by atoms with van der Waals surface area (Å²) in [7, 11) is -4.06. The molecule has 0 saturated heterocycles. The number of sulfone groups is 1. The minimum absolute atomic E-state index is 0.0280. The van der Waals surface area contributed by atoms with Crippen molar-refractivity contribution in [2.45, 2.75) is 36.6 Å². The molecule has 2 amide bonds. The lowest BCUT2D eigenvalue weighted by molar-refractivity contribution is -0.137. The van der Waals surface area contributed by atoms with Crippen molar-refractivity contribution in [3.8, 4) is 5.75 Å². The average molecular weight is 589 g/mol. The maximum atomic E-state index is 13.1. The Bertz CT molecular complexity index is 1510. The Morgan fingerprint density at radius 3 is 2.26 bits per heavy atom. The van der Waals surface area contributed by atoms with Gasteiger partial charge in [0.2, 0.25) is 5.91 Å². The van der Waals surface area contributed by atoms with Crippen LogP contribution in [0.4, 0.5) is 24.5 Å². The van der Waals surface area contributed by atoms with E-state index in [0.717, 1.165) is 18.2 Å². The van der Waals surface area contributed by atoms with Crippen LogP contribution in [0.15, 0.2) is 59.5 Å². The van der Waals surface area contributed by atoms with Gasteiger partial charge in [-0.2, -0.15) is 13.2 Å². The second-order valence-electron chi connectivity index (χ2n) is 8.24. The zero-order valence-electron chi connectivity index (χ0n) is 19.9. The predicted molar refractivity (Wildman–Crippen MR) is 139 cm³/mol. The monoisotopic (exact) mass is 588 g/mol. The Morgan fingerprint density at radius 2 is 1.66 bits per heavy atom. The smallest absolute Gasteiger partial charge is 0.416 e. The molecule has 0 aliphatic heterocycles. The molecular formula is C25H21Cl2F3N2O5S. The van der Waals surface area contributed by atoms with Crippen LogP contribution >= 0.6 is 23.2 Å². The van der Waals surface area contributed by atoms with Gasteiger partial charge in [-0.3, -0.25) is 9.59 Å². The molecule has 0 aromatic heterocycles. The minimum atomic E-state index is -4.71. The highest BCUT2D eigenvalue weighted by atomic mass is 35.5. The molecule has 0 aliphatic carbocycles. The lowest BCUT2D eigenvalue weighted by atomic mass is 10.1. The fourth-order valence-electron chi connectivity index (χ4n) is 3.54. The van der Waals surface area contributed by atoms with Gasteiger partial charge < -0.3 is 15.7 Å². The fourth-order valence-corrected chi connectivity index (χ4v) is 5.68. The number of amides is 2. The molecule has 3 rings (SSSR count). The minimum Gasteiger partial charge on any atom is -0.506 e. The van der Waals surface area contributed by atoms with Gasteiger partial charge in [0.25, 0.3) is 5.91 Å². The van der Waals surface area contributed by atoms with Gasteiger partial charge in [-0.1, -0.05) is 42.3 Å². The molecule has 3 N–H and O–H groups in total. The molecule has 3 aromatic carbocycles. The van der Waals surface area contributed by atoms with E-state index < -0.39 is 50.0 Å². The molecule has 13 heteroatoms. The number of hydrogen-bond acceptors (Lipinski definition) is 5. The van der Waals surface area contributed by atoms with E-state index in [1.54, 1.807) is 19.1 Å². The van der Waals surface area contributed by atoms with Gasteiger partial charge in [0, 0.05) is 6.07 Å². The summed E-state index contributed by atoms with van der Waals surface area (Å²) >= 11 is 12.1. The second kappa shape index (κ2) is 11.2. The molecule has 1 atom stereocenters. The third-order valence-corrected chi connectivity index (χ3v) is 8.34. The van der Waals surface area contributed by atoms with Crippen molar-refractivity contribution in [3.63, 3.8) is 0 Å².